The first-order chi connectivity index (χ1) is 17.0. The maximum atomic E-state index is 12.8. The van der Waals surface area contributed by atoms with Crippen molar-refractivity contribution in [2.24, 2.45) is 0 Å². The molecule has 11 heteroatoms. The molecule has 180 valence electrons. The molecule has 0 saturated carbocycles. The molecule has 0 atom stereocenters. The Hall–Kier alpha value is -4.25. The number of aryl methyl sites for hydroxylation is 1. The van der Waals surface area contributed by atoms with Crippen LogP contribution in [0.5, 0.6) is 11.5 Å². The molecular weight excluding hydrogens is 470 g/mol. The highest BCUT2D eigenvalue weighted by Gasteiger charge is 2.12. The Morgan fingerprint density at radius 1 is 1.03 bits per heavy atom. The van der Waals surface area contributed by atoms with Crippen LogP contribution in [0.2, 0.25) is 0 Å². The molecule has 2 heterocycles. The number of methoxy groups -OCH3 is 2. The minimum absolute atomic E-state index is 0.196. The molecule has 35 heavy (non-hydrogen) atoms. The second kappa shape index (κ2) is 10.8. The molecule has 0 saturated heterocycles. The smallest absolute Gasteiger partial charge is 0.261 e. The van der Waals surface area contributed by atoms with Crippen molar-refractivity contribution < 1.29 is 19.1 Å². The number of fused-ring (bicyclic) bond motifs is 1. The number of aromatic nitrogens is 3. The zero-order valence-electron chi connectivity index (χ0n) is 19.1. The van der Waals surface area contributed by atoms with E-state index in [0.29, 0.717) is 51.7 Å². The van der Waals surface area contributed by atoms with E-state index in [2.05, 4.69) is 20.6 Å². The normalized spacial score (nSPS) is 10.7. The lowest BCUT2D eigenvalue weighted by atomic mass is 10.2. The first kappa shape index (κ1) is 23.9. The molecule has 10 nitrogen and oxygen atoms in total. The van der Waals surface area contributed by atoms with Gasteiger partial charge in [-0.15, -0.1) is 11.3 Å². The van der Waals surface area contributed by atoms with Gasteiger partial charge in [-0.1, -0.05) is 0 Å². The van der Waals surface area contributed by atoms with Gasteiger partial charge in [-0.25, -0.2) is 9.97 Å². The van der Waals surface area contributed by atoms with Crippen molar-refractivity contribution in [1.82, 2.24) is 14.5 Å². The third kappa shape index (κ3) is 5.64. The summed E-state index contributed by atoms with van der Waals surface area (Å²) >= 11 is 1.33. The fourth-order valence-corrected chi connectivity index (χ4v) is 3.96. The Morgan fingerprint density at radius 2 is 1.77 bits per heavy atom. The van der Waals surface area contributed by atoms with Crippen molar-refractivity contribution in [1.29, 1.82) is 0 Å². The molecule has 0 bridgehead atoms. The number of thiazole rings is 1. The summed E-state index contributed by atoms with van der Waals surface area (Å²) in [6.45, 7) is 0.333. The third-order valence-electron chi connectivity index (χ3n) is 5.22. The summed E-state index contributed by atoms with van der Waals surface area (Å²) < 4.78 is 12.0. The van der Waals surface area contributed by atoms with Crippen LogP contribution in [0.1, 0.15) is 23.2 Å². The van der Waals surface area contributed by atoms with Gasteiger partial charge in [0.05, 0.1) is 31.4 Å². The van der Waals surface area contributed by atoms with Crippen LogP contribution in [0, 0.1) is 0 Å². The Labute approximate surface area is 204 Å². The summed E-state index contributed by atoms with van der Waals surface area (Å²) in [6, 6.07) is 9.83. The lowest BCUT2D eigenvalue weighted by Crippen LogP contribution is -2.22. The predicted octanol–water partition coefficient (Wildman–Crippen LogP) is 3.54. The van der Waals surface area contributed by atoms with Gasteiger partial charge in [-0.2, -0.15) is 0 Å². The highest BCUT2D eigenvalue weighted by Crippen LogP contribution is 2.29. The van der Waals surface area contributed by atoms with Crippen molar-refractivity contribution >= 4 is 44.9 Å². The highest BCUT2D eigenvalue weighted by atomic mass is 32.1. The number of ether oxygens (including phenoxy) is 2. The molecule has 2 N–H and O–H groups in total. The Bertz CT molecular complexity index is 1400. The zero-order valence-corrected chi connectivity index (χ0v) is 19.9. The van der Waals surface area contributed by atoms with Gasteiger partial charge in [0, 0.05) is 41.9 Å². The molecule has 2 aromatic heterocycles. The molecule has 0 spiro atoms. The number of rotatable bonds is 9. The number of anilines is 2. The average Bonchev–Trinajstić information content (AvgIpc) is 3.38. The monoisotopic (exact) mass is 493 g/mol. The minimum atomic E-state index is -0.275. The maximum absolute atomic E-state index is 12.8. The number of nitrogens with zero attached hydrogens (tertiary/aromatic N) is 3. The Kier molecular flexibility index (Phi) is 7.36. The molecule has 0 unspecified atom stereocenters. The lowest BCUT2D eigenvalue weighted by molar-refractivity contribution is -0.116. The van der Waals surface area contributed by atoms with Crippen molar-refractivity contribution in [3.05, 3.63) is 70.2 Å². The summed E-state index contributed by atoms with van der Waals surface area (Å²) in [5.74, 6) is 0.471. The predicted molar refractivity (Wildman–Crippen MR) is 133 cm³/mol. The van der Waals surface area contributed by atoms with Crippen molar-refractivity contribution in [2.75, 3.05) is 24.9 Å². The van der Waals surface area contributed by atoms with Crippen molar-refractivity contribution in [2.45, 2.75) is 19.4 Å². The number of hydrogen-bond acceptors (Lipinski definition) is 8. The SMILES string of the molecule is COc1cc2ncn(CCCC(=O)Nc3ccc(C(=O)Nc4nccs4)cc3)c(=O)c2cc1OC. The molecular formula is C24H23N5O5S. The fourth-order valence-electron chi connectivity index (χ4n) is 3.44. The molecule has 4 rings (SSSR count). The second-order valence-corrected chi connectivity index (χ2v) is 8.38. The molecule has 0 aliphatic carbocycles. The summed E-state index contributed by atoms with van der Waals surface area (Å²) in [6.07, 6.45) is 3.73. The standard InChI is InChI=1S/C24H23N5O5S/c1-33-19-12-17-18(13-20(19)34-2)26-14-29(23(17)32)10-3-4-21(30)27-16-7-5-15(6-8-16)22(31)28-24-25-9-11-35-24/h5-9,11-14H,3-4,10H2,1-2H3,(H,27,30)(H,25,28,31). The number of amides is 2. The highest BCUT2D eigenvalue weighted by molar-refractivity contribution is 7.13. The Morgan fingerprint density at radius 3 is 2.46 bits per heavy atom. The van der Waals surface area contributed by atoms with E-state index < -0.39 is 0 Å². The lowest BCUT2D eigenvalue weighted by Gasteiger charge is -2.11. The minimum Gasteiger partial charge on any atom is -0.493 e. The van der Waals surface area contributed by atoms with Gasteiger partial charge >= 0.3 is 0 Å². The van der Waals surface area contributed by atoms with E-state index in [0.717, 1.165) is 0 Å². The molecule has 0 fully saturated rings. The van der Waals surface area contributed by atoms with Crippen molar-refractivity contribution in [3.8, 4) is 11.5 Å². The van der Waals surface area contributed by atoms with Crippen LogP contribution in [0.3, 0.4) is 0 Å². The average molecular weight is 494 g/mol. The van der Waals surface area contributed by atoms with Gasteiger partial charge in [0.1, 0.15) is 0 Å². The zero-order chi connectivity index (χ0) is 24.8. The molecule has 0 aliphatic heterocycles. The molecule has 0 aliphatic rings. The van der Waals surface area contributed by atoms with Crippen LogP contribution in [-0.2, 0) is 11.3 Å². The molecule has 2 amide bonds. The molecule has 2 aromatic carbocycles. The largest absolute Gasteiger partial charge is 0.493 e. The summed E-state index contributed by atoms with van der Waals surface area (Å²) in [4.78, 5) is 45.8. The first-order valence-corrected chi connectivity index (χ1v) is 11.6. The molecule has 0 radical (unpaired) electrons. The van der Waals surface area contributed by atoms with Crippen LogP contribution in [0.4, 0.5) is 10.8 Å². The van der Waals surface area contributed by atoms with Crippen LogP contribution < -0.4 is 25.7 Å². The number of benzene rings is 2. The van der Waals surface area contributed by atoms with E-state index in [-0.39, 0.29) is 23.8 Å². The van der Waals surface area contributed by atoms with E-state index in [9.17, 15) is 14.4 Å². The second-order valence-electron chi connectivity index (χ2n) is 7.49. The first-order valence-electron chi connectivity index (χ1n) is 10.7. The van der Waals surface area contributed by atoms with Crippen molar-refractivity contribution in [3.63, 3.8) is 0 Å². The molecule has 4 aromatic rings. The van der Waals surface area contributed by atoms with E-state index in [1.807, 2.05) is 0 Å². The van der Waals surface area contributed by atoms with Crippen LogP contribution in [-0.4, -0.2) is 40.6 Å². The quantitative estimate of drug-likeness (QED) is 0.365. The van der Waals surface area contributed by atoms with Gasteiger partial charge in [0.15, 0.2) is 16.6 Å². The summed E-state index contributed by atoms with van der Waals surface area (Å²) in [5, 5.41) is 8.21. The van der Waals surface area contributed by atoms with E-state index in [4.69, 9.17) is 9.47 Å². The van der Waals surface area contributed by atoms with E-state index in [1.54, 1.807) is 48.0 Å². The summed E-state index contributed by atoms with van der Waals surface area (Å²) in [5.41, 5.74) is 1.32. The van der Waals surface area contributed by atoms with Crippen LogP contribution in [0.15, 0.2) is 59.1 Å². The van der Waals surface area contributed by atoms with Gasteiger partial charge < -0.3 is 14.8 Å². The van der Waals surface area contributed by atoms with E-state index >= 15 is 0 Å². The number of nitrogens with one attached hydrogen (secondary N) is 2. The maximum Gasteiger partial charge on any atom is 0.261 e. The van der Waals surface area contributed by atoms with Gasteiger partial charge in [0.2, 0.25) is 5.91 Å². The summed E-state index contributed by atoms with van der Waals surface area (Å²) in [7, 11) is 3.02. The topological polar surface area (TPSA) is 124 Å². The number of hydrogen-bond donors (Lipinski definition) is 2. The van der Waals surface area contributed by atoms with Gasteiger partial charge in [-0.05, 0) is 36.8 Å². The van der Waals surface area contributed by atoms with Gasteiger partial charge in [0.25, 0.3) is 11.5 Å². The number of carbonyl (C=O) groups is 2. The van der Waals surface area contributed by atoms with Gasteiger partial charge in [-0.3, -0.25) is 24.3 Å². The van der Waals surface area contributed by atoms with Crippen LogP contribution in [0.25, 0.3) is 10.9 Å². The number of carbonyl (C=O) groups excluding carboxylic acids is 2. The van der Waals surface area contributed by atoms with Crippen LogP contribution >= 0.6 is 11.3 Å². The third-order valence-corrected chi connectivity index (χ3v) is 5.90. The Balaban J connectivity index is 1.32. The fraction of sp³-hybridized carbons (Fsp3) is 0.208. The van der Waals surface area contributed by atoms with E-state index in [1.165, 1.54) is 36.5 Å².